The van der Waals surface area contributed by atoms with Crippen molar-refractivity contribution >= 4 is 11.9 Å². The molecule has 2 fully saturated rings. The molecule has 0 bridgehead atoms. The molecule has 0 aromatic heterocycles. The lowest BCUT2D eigenvalue weighted by Crippen LogP contribution is -2.71. The van der Waals surface area contributed by atoms with Crippen molar-refractivity contribution in [3.63, 3.8) is 0 Å². The van der Waals surface area contributed by atoms with E-state index >= 15 is 0 Å². The second kappa shape index (κ2) is 10.9. The van der Waals surface area contributed by atoms with E-state index in [1.807, 2.05) is 55.4 Å². The highest BCUT2D eigenvalue weighted by Crippen LogP contribution is 2.60. The van der Waals surface area contributed by atoms with Gasteiger partial charge in [-0.25, -0.2) is 0 Å². The summed E-state index contributed by atoms with van der Waals surface area (Å²) < 4.78 is 0. The van der Waals surface area contributed by atoms with Gasteiger partial charge in [-0.15, -0.1) is 0 Å². The number of hydroxylamine groups is 4. The summed E-state index contributed by atoms with van der Waals surface area (Å²) in [5.74, 6) is -2.25. The van der Waals surface area contributed by atoms with Crippen molar-refractivity contribution < 1.29 is 30.2 Å². The lowest BCUT2D eigenvalue weighted by Gasteiger charge is -2.63. The zero-order valence-electron chi connectivity index (χ0n) is 23.9. The number of piperidine rings is 2. The summed E-state index contributed by atoms with van der Waals surface area (Å²) in [5, 5.41) is 45.3. The van der Waals surface area contributed by atoms with Crippen LogP contribution in [0.25, 0.3) is 0 Å². The van der Waals surface area contributed by atoms with E-state index in [1.165, 1.54) is 10.1 Å². The van der Waals surface area contributed by atoms with Crippen molar-refractivity contribution in [2.45, 2.75) is 148 Å². The SMILES string of the molecule is CC1(C)CCC(C(CCCCCCCC(=O)O)(C(=O)O)C2CCC(C)(C)N(O)C2(C)C)C(C)(C)N1O. The van der Waals surface area contributed by atoms with Gasteiger partial charge < -0.3 is 20.6 Å². The fourth-order valence-corrected chi connectivity index (χ4v) is 7.76. The van der Waals surface area contributed by atoms with Crippen LogP contribution in [0.5, 0.6) is 0 Å². The maximum atomic E-state index is 13.5. The minimum absolute atomic E-state index is 0.163. The van der Waals surface area contributed by atoms with Crippen LogP contribution in [0.4, 0.5) is 0 Å². The van der Waals surface area contributed by atoms with Crippen LogP contribution in [0.2, 0.25) is 0 Å². The van der Waals surface area contributed by atoms with E-state index < -0.39 is 39.5 Å². The quantitative estimate of drug-likeness (QED) is 0.242. The van der Waals surface area contributed by atoms with Gasteiger partial charge in [0, 0.05) is 28.6 Å². The summed E-state index contributed by atoms with van der Waals surface area (Å²) in [6.07, 6.45) is 7.21. The lowest BCUT2D eigenvalue weighted by molar-refractivity contribution is -0.301. The first kappa shape index (κ1) is 31.0. The average molecular weight is 513 g/mol. The molecule has 0 spiro atoms. The Morgan fingerprint density at radius 1 is 0.722 bits per heavy atom. The van der Waals surface area contributed by atoms with Crippen molar-refractivity contribution in [3.8, 4) is 0 Å². The van der Waals surface area contributed by atoms with Crippen molar-refractivity contribution in [1.29, 1.82) is 0 Å². The molecule has 0 saturated carbocycles. The molecule has 2 rings (SSSR count). The van der Waals surface area contributed by atoms with E-state index in [1.54, 1.807) is 0 Å². The van der Waals surface area contributed by atoms with Crippen molar-refractivity contribution in [3.05, 3.63) is 0 Å². The van der Waals surface area contributed by atoms with Gasteiger partial charge >= 0.3 is 11.9 Å². The number of hydrogen-bond acceptors (Lipinski definition) is 6. The van der Waals surface area contributed by atoms with Gasteiger partial charge in [0.05, 0.1) is 5.41 Å². The zero-order chi connectivity index (χ0) is 27.7. The van der Waals surface area contributed by atoms with E-state index in [0.29, 0.717) is 44.9 Å². The van der Waals surface area contributed by atoms with Crippen LogP contribution in [0.1, 0.15) is 126 Å². The molecule has 0 aromatic carbocycles. The average Bonchev–Trinajstić information content (AvgIpc) is 2.74. The molecule has 0 aromatic rings. The molecule has 8 nitrogen and oxygen atoms in total. The minimum Gasteiger partial charge on any atom is -0.481 e. The van der Waals surface area contributed by atoms with Crippen molar-refractivity contribution in [2.75, 3.05) is 0 Å². The van der Waals surface area contributed by atoms with E-state index in [2.05, 4.69) is 0 Å². The van der Waals surface area contributed by atoms with Crippen LogP contribution in [0.3, 0.4) is 0 Å². The zero-order valence-corrected chi connectivity index (χ0v) is 23.9. The Morgan fingerprint density at radius 3 is 1.50 bits per heavy atom. The third-order valence-corrected chi connectivity index (χ3v) is 9.66. The van der Waals surface area contributed by atoms with E-state index in [4.69, 9.17) is 5.11 Å². The highest BCUT2D eigenvalue weighted by Gasteiger charge is 2.65. The molecule has 210 valence electrons. The fourth-order valence-electron chi connectivity index (χ4n) is 7.76. The van der Waals surface area contributed by atoms with Gasteiger partial charge in [-0.2, -0.15) is 10.1 Å². The van der Waals surface area contributed by atoms with E-state index in [9.17, 15) is 25.1 Å². The Labute approximate surface area is 218 Å². The lowest BCUT2D eigenvalue weighted by atomic mass is 9.49. The fraction of sp³-hybridized carbons (Fsp3) is 0.929. The molecule has 0 amide bonds. The summed E-state index contributed by atoms with van der Waals surface area (Å²) in [4.78, 5) is 24.3. The third-order valence-electron chi connectivity index (χ3n) is 9.66. The molecular formula is C28H52N2O6. The number of unbranched alkanes of at least 4 members (excludes halogenated alkanes) is 4. The van der Waals surface area contributed by atoms with Gasteiger partial charge in [0.25, 0.3) is 0 Å². The predicted molar refractivity (Wildman–Crippen MR) is 139 cm³/mol. The third kappa shape index (κ3) is 5.77. The van der Waals surface area contributed by atoms with E-state index in [0.717, 1.165) is 19.3 Å². The van der Waals surface area contributed by atoms with Crippen LogP contribution in [0.15, 0.2) is 0 Å². The highest BCUT2D eigenvalue weighted by atomic mass is 16.5. The first-order chi connectivity index (χ1) is 16.3. The first-order valence-corrected chi connectivity index (χ1v) is 13.8. The molecule has 2 saturated heterocycles. The summed E-state index contributed by atoms with van der Waals surface area (Å²) >= 11 is 0. The number of nitrogens with zero attached hydrogens (tertiary/aromatic N) is 2. The van der Waals surface area contributed by atoms with Gasteiger partial charge in [-0.3, -0.25) is 9.59 Å². The molecule has 36 heavy (non-hydrogen) atoms. The molecule has 2 unspecified atom stereocenters. The minimum atomic E-state index is -1.14. The van der Waals surface area contributed by atoms with Crippen LogP contribution < -0.4 is 0 Å². The number of carboxylic acid groups (broad SMARTS) is 2. The standard InChI is InChI=1S/C28H52N2O6/c1-24(2)18-15-20(26(5,6)29(24)35)28(23(33)34,17-13-11-9-10-12-14-22(31)32)21-16-19-25(3,4)30(36)27(21,7)8/h20-21,35-36H,9-19H2,1-8H3,(H,31,32)(H,33,34). The Balaban J connectivity index is 2.46. The first-order valence-electron chi connectivity index (χ1n) is 13.8. The normalized spacial score (nSPS) is 29.4. The maximum Gasteiger partial charge on any atom is 0.310 e. The molecule has 2 heterocycles. The number of hydrogen-bond donors (Lipinski definition) is 4. The summed E-state index contributed by atoms with van der Waals surface area (Å²) in [6.45, 7) is 15.8. The largest absolute Gasteiger partial charge is 0.481 e. The van der Waals surface area contributed by atoms with E-state index in [-0.39, 0.29) is 18.3 Å². The molecule has 0 aliphatic carbocycles. The molecule has 2 aliphatic rings. The molecule has 0 radical (unpaired) electrons. The molecule has 8 heteroatoms. The number of carbonyl (C=O) groups is 2. The summed E-state index contributed by atoms with van der Waals surface area (Å²) in [5.41, 5.74) is -3.60. The summed E-state index contributed by atoms with van der Waals surface area (Å²) in [7, 11) is 0. The van der Waals surface area contributed by atoms with Gasteiger partial charge in [-0.1, -0.05) is 25.7 Å². The number of rotatable bonds is 11. The smallest absolute Gasteiger partial charge is 0.310 e. The van der Waals surface area contributed by atoms with Crippen molar-refractivity contribution in [2.24, 2.45) is 17.3 Å². The molecule has 2 atom stereocenters. The molecular weight excluding hydrogens is 460 g/mol. The van der Waals surface area contributed by atoms with Crippen LogP contribution >= 0.6 is 0 Å². The van der Waals surface area contributed by atoms with Gasteiger partial charge in [0.2, 0.25) is 0 Å². The topological polar surface area (TPSA) is 122 Å². The van der Waals surface area contributed by atoms with Gasteiger partial charge in [0.1, 0.15) is 0 Å². The van der Waals surface area contributed by atoms with Gasteiger partial charge in [0.15, 0.2) is 0 Å². The van der Waals surface area contributed by atoms with Crippen LogP contribution in [0, 0.1) is 17.3 Å². The van der Waals surface area contributed by atoms with Crippen LogP contribution in [-0.2, 0) is 9.59 Å². The van der Waals surface area contributed by atoms with Crippen molar-refractivity contribution in [1.82, 2.24) is 10.1 Å². The molecule has 4 N–H and O–H groups in total. The predicted octanol–water partition coefficient (Wildman–Crippen LogP) is 6.19. The number of carboxylic acids is 2. The maximum absolute atomic E-state index is 13.5. The molecule has 2 aliphatic heterocycles. The van der Waals surface area contributed by atoms with Gasteiger partial charge in [-0.05, 0) is 106 Å². The second-order valence-corrected chi connectivity index (χ2v) is 13.7. The summed E-state index contributed by atoms with van der Waals surface area (Å²) in [6, 6.07) is 0. The Bertz CT molecular complexity index is 749. The Hall–Kier alpha value is -1.22. The van der Waals surface area contributed by atoms with Crippen LogP contribution in [-0.4, -0.2) is 64.8 Å². The number of aliphatic carboxylic acids is 2. The second-order valence-electron chi connectivity index (χ2n) is 13.7. The monoisotopic (exact) mass is 512 g/mol. The Kier molecular flexibility index (Phi) is 9.36. The highest BCUT2D eigenvalue weighted by molar-refractivity contribution is 5.76. The Morgan fingerprint density at radius 2 is 1.11 bits per heavy atom.